The van der Waals surface area contributed by atoms with Crippen LogP contribution in [0.4, 0.5) is 0 Å². The van der Waals surface area contributed by atoms with Crippen LogP contribution in [0.1, 0.15) is 81.9 Å². The Balaban J connectivity index is 2.25. The number of nitrogens with one attached hydrogen (secondary N) is 1. The van der Waals surface area contributed by atoms with Gasteiger partial charge in [0.2, 0.25) is 0 Å². The maximum Gasteiger partial charge on any atom is 0.0348 e. The first kappa shape index (κ1) is 15.6. The van der Waals surface area contributed by atoms with Crippen molar-refractivity contribution in [2.45, 2.75) is 70.8 Å². The zero-order valence-electron chi connectivity index (χ0n) is 13.5. The van der Waals surface area contributed by atoms with Crippen LogP contribution in [0, 0.1) is 5.92 Å². The molecule has 1 saturated carbocycles. The van der Waals surface area contributed by atoms with Crippen LogP contribution in [0.25, 0.3) is 0 Å². The third kappa shape index (κ3) is 3.44. The lowest BCUT2D eigenvalue weighted by Crippen LogP contribution is -2.27. The van der Waals surface area contributed by atoms with Crippen LogP contribution in [0.5, 0.6) is 0 Å². The fraction of sp³-hybridized carbons (Fsp3) is 0.684. The highest BCUT2D eigenvalue weighted by atomic mass is 14.9. The van der Waals surface area contributed by atoms with E-state index in [0.717, 1.165) is 11.8 Å². The Morgan fingerprint density at radius 1 is 1.10 bits per heavy atom. The third-order valence-electron chi connectivity index (χ3n) is 4.98. The molecule has 1 unspecified atom stereocenters. The minimum Gasteiger partial charge on any atom is -0.313 e. The lowest BCUT2D eigenvalue weighted by atomic mass is 9.75. The Morgan fingerprint density at radius 3 is 2.25 bits per heavy atom. The summed E-state index contributed by atoms with van der Waals surface area (Å²) in [5.74, 6) is 1.60. The summed E-state index contributed by atoms with van der Waals surface area (Å²) in [6.07, 6.45) is 9.43. The van der Waals surface area contributed by atoms with Crippen molar-refractivity contribution in [1.82, 2.24) is 5.32 Å². The number of benzene rings is 1. The van der Waals surface area contributed by atoms with E-state index < -0.39 is 0 Å². The quantitative estimate of drug-likeness (QED) is 0.666. The van der Waals surface area contributed by atoms with Crippen molar-refractivity contribution in [2.75, 3.05) is 7.05 Å². The normalized spacial score (nSPS) is 17.2. The molecule has 1 atom stereocenters. The van der Waals surface area contributed by atoms with E-state index in [0.29, 0.717) is 6.04 Å². The summed E-state index contributed by atoms with van der Waals surface area (Å²) in [5.41, 5.74) is 3.20. The van der Waals surface area contributed by atoms with Crippen LogP contribution in [0.2, 0.25) is 0 Å². The second-order valence-corrected chi connectivity index (χ2v) is 6.36. The molecule has 1 fully saturated rings. The molecule has 1 heteroatoms. The Kier molecular flexibility index (Phi) is 6.09. The molecular formula is C19H31N. The maximum absolute atomic E-state index is 3.63. The predicted molar refractivity (Wildman–Crippen MR) is 88.1 cm³/mol. The highest BCUT2D eigenvalue weighted by Gasteiger charge is 2.27. The lowest BCUT2D eigenvalue weighted by molar-refractivity contribution is 0.324. The van der Waals surface area contributed by atoms with Gasteiger partial charge >= 0.3 is 0 Å². The molecule has 1 aliphatic rings. The van der Waals surface area contributed by atoms with Gasteiger partial charge in [-0.25, -0.2) is 0 Å². The number of hydrogen-bond acceptors (Lipinski definition) is 1. The molecule has 112 valence electrons. The van der Waals surface area contributed by atoms with Crippen LogP contribution in [0.15, 0.2) is 24.3 Å². The minimum absolute atomic E-state index is 0.534. The van der Waals surface area contributed by atoms with E-state index in [9.17, 15) is 0 Å². The summed E-state index contributed by atoms with van der Waals surface area (Å²) in [7, 11) is 2.14. The van der Waals surface area contributed by atoms with Gasteiger partial charge in [0, 0.05) is 6.04 Å². The molecule has 1 aromatic carbocycles. The Morgan fingerprint density at radius 2 is 1.75 bits per heavy atom. The van der Waals surface area contributed by atoms with Gasteiger partial charge in [0.25, 0.3) is 0 Å². The second kappa shape index (κ2) is 7.83. The maximum atomic E-state index is 3.63. The average molecular weight is 273 g/mol. The van der Waals surface area contributed by atoms with Crippen LogP contribution < -0.4 is 5.32 Å². The van der Waals surface area contributed by atoms with Gasteiger partial charge in [-0.3, -0.25) is 0 Å². The zero-order valence-corrected chi connectivity index (χ0v) is 13.5. The fourth-order valence-electron chi connectivity index (χ4n) is 3.75. The molecule has 0 radical (unpaired) electrons. The molecule has 1 aromatic rings. The molecule has 20 heavy (non-hydrogen) atoms. The van der Waals surface area contributed by atoms with Gasteiger partial charge in [0.1, 0.15) is 0 Å². The van der Waals surface area contributed by atoms with Crippen molar-refractivity contribution < 1.29 is 0 Å². The third-order valence-corrected chi connectivity index (χ3v) is 4.98. The number of rotatable bonds is 8. The molecule has 1 aliphatic carbocycles. The molecule has 1 N–H and O–H groups in total. The van der Waals surface area contributed by atoms with Crippen molar-refractivity contribution >= 4 is 0 Å². The SMILES string of the molecule is CCCC(CCC)C(NC)c1ccccc1C1CCC1. The smallest absolute Gasteiger partial charge is 0.0348 e. The summed E-state index contributed by atoms with van der Waals surface area (Å²) >= 11 is 0. The van der Waals surface area contributed by atoms with Crippen LogP contribution in [-0.4, -0.2) is 7.05 Å². The van der Waals surface area contributed by atoms with E-state index in [1.807, 2.05) is 0 Å². The van der Waals surface area contributed by atoms with E-state index in [4.69, 9.17) is 0 Å². The standard InChI is InChI=1S/C19H31N/c1-4-9-16(10-5-2)19(20-3)18-14-7-6-13-17(18)15-11-8-12-15/h6-7,13-16,19-20H,4-5,8-12H2,1-3H3. The van der Waals surface area contributed by atoms with E-state index in [-0.39, 0.29) is 0 Å². The molecular weight excluding hydrogens is 242 g/mol. The van der Waals surface area contributed by atoms with Gasteiger partial charge in [-0.1, -0.05) is 57.4 Å². The monoisotopic (exact) mass is 273 g/mol. The van der Waals surface area contributed by atoms with Gasteiger partial charge in [-0.15, -0.1) is 0 Å². The first-order chi connectivity index (χ1) is 9.81. The first-order valence-electron chi connectivity index (χ1n) is 8.57. The molecule has 0 aromatic heterocycles. The molecule has 0 heterocycles. The van der Waals surface area contributed by atoms with Crippen molar-refractivity contribution in [3.05, 3.63) is 35.4 Å². The summed E-state index contributed by atoms with van der Waals surface area (Å²) in [6, 6.07) is 9.72. The van der Waals surface area contributed by atoms with Gasteiger partial charge in [0.15, 0.2) is 0 Å². The molecule has 0 bridgehead atoms. The van der Waals surface area contributed by atoms with Crippen molar-refractivity contribution in [3.8, 4) is 0 Å². The minimum atomic E-state index is 0.534. The largest absolute Gasteiger partial charge is 0.313 e. The fourth-order valence-corrected chi connectivity index (χ4v) is 3.75. The van der Waals surface area contributed by atoms with E-state index in [2.05, 4.69) is 50.5 Å². The van der Waals surface area contributed by atoms with Gasteiger partial charge in [-0.05, 0) is 55.7 Å². The Bertz CT molecular complexity index is 389. The van der Waals surface area contributed by atoms with Gasteiger partial charge < -0.3 is 5.32 Å². The van der Waals surface area contributed by atoms with E-state index in [1.165, 1.54) is 44.9 Å². The highest BCUT2D eigenvalue weighted by molar-refractivity contribution is 5.34. The molecule has 1 nitrogen and oxygen atoms in total. The van der Waals surface area contributed by atoms with Crippen molar-refractivity contribution in [1.29, 1.82) is 0 Å². The van der Waals surface area contributed by atoms with Crippen LogP contribution in [-0.2, 0) is 0 Å². The van der Waals surface area contributed by atoms with E-state index in [1.54, 1.807) is 11.1 Å². The first-order valence-corrected chi connectivity index (χ1v) is 8.57. The molecule has 0 amide bonds. The summed E-state index contributed by atoms with van der Waals surface area (Å²) in [5, 5.41) is 3.63. The van der Waals surface area contributed by atoms with E-state index >= 15 is 0 Å². The van der Waals surface area contributed by atoms with Gasteiger partial charge in [0.05, 0.1) is 0 Å². The molecule has 0 aliphatic heterocycles. The average Bonchev–Trinajstić information content (AvgIpc) is 2.40. The second-order valence-electron chi connectivity index (χ2n) is 6.36. The predicted octanol–water partition coefficient (Wildman–Crippen LogP) is 5.43. The van der Waals surface area contributed by atoms with Crippen molar-refractivity contribution in [3.63, 3.8) is 0 Å². The lowest BCUT2D eigenvalue weighted by Gasteiger charge is -2.33. The highest BCUT2D eigenvalue weighted by Crippen LogP contribution is 2.41. The topological polar surface area (TPSA) is 12.0 Å². The summed E-state index contributed by atoms with van der Waals surface area (Å²) in [4.78, 5) is 0. The number of hydrogen-bond donors (Lipinski definition) is 1. The Labute approximate surface area is 125 Å². The van der Waals surface area contributed by atoms with Crippen LogP contribution in [0.3, 0.4) is 0 Å². The van der Waals surface area contributed by atoms with Crippen LogP contribution >= 0.6 is 0 Å². The molecule has 2 rings (SSSR count). The molecule has 0 saturated heterocycles. The Hall–Kier alpha value is -0.820. The molecule has 0 spiro atoms. The van der Waals surface area contributed by atoms with Crippen molar-refractivity contribution in [2.24, 2.45) is 5.92 Å². The van der Waals surface area contributed by atoms with Gasteiger partial charge in [-0.2, -0.15) is 0 Å². The summed E-state index contributed by atoms with van der Waals surface area (Å²) < 4.78 is 0. The summed E-state index contributed by atoms with van der Waals surface area (Å²) in [6.45, 7) is 4.63. The zero-order chi connectivity index (χ0) is 14.4.